The summed E-state index contributed by atoms with van der Waals surface area (Å²) in [6, 6.07) is 9.03. The van der Waals surface area contributed by atoms with Crippen molar-refractivity contribution >= 4 is 0 Å². The molecule has 1 unspecified atom stereocenters. The van der Waals surface area contributed by atoms with Gasteiger partial charge in [0.1, 0.15) is 5.75 Å². The number of rotatable bonds is 7. The smallest absolute Gasteiger partial charge is 0.118 e. The Labute approximate surface area is 116 Å². The van der Waals surface area contributed by atoms with Gasteiger partial charge in [-0.25, -0.2) is 0 Å². The van der Waals surface area contributed by atoms with E-state index in [0.717, 1.165) is 25.1 Å². The van der Waals surface area contributed by atoms with Crippen LogP contribution in [0.4, 0.5) is 0 Å². The van der Waals surface area contributed by atoms with Gasteiger partial charge in [-0.3, -0.25) is 0 Å². The first-order chi connectivity index (χ1) is 9.22. The van der Waals surface area contributed by atoms with Gasteiger partial charge in [0.25, 0.3) is 0 Å². The Morgan fingerprint density at radius 2 is 2.00 bits per heavy atom. The first-order valence-electron chi connectivity index (χ1n) is 7.28. The zero-order valence-corrected chi connectivity index (χ0v) is 11.9. The fourth-order valence-corrected chi connectivity index (χ4v) is 2.59. The minimum Gasteiger partial charge on any atom is -0.497 e. The molecule has 0 radical (unpaired) electrons. The molecule has 0 saturated heterocycles. The monoisotopic (exact) mass is 263 g/mol. The third kappa shape index (κ3) is 3.95. The highest BCUT2D eigenvalue weighted by molar-refractivity contribution is 5.30. The fraction of sp³-hybridized carbons (Fsp3) is 0.625. The summed E-state index contributed by atoms with van der Waals surface area (Å²) >= 11 is 0. The van der Waals surface area contributed by atoms with E-state index in [2.05, 4.69) is 17.4 Å². The van der Waals surface area contributed by atoms with Crippen LogP contribution in [0.5, 0.6) is 5.75 Å². The molecule has 3 heteroatoms. The highest BCUT2D eigenvalue weighted by Gasteiger charge is 2.29. The summed E-state index contributed by atoms with van der Waals surface area (Å²) in [5.74, 6) is 1.60. The molecule has 0 amide bonds. The van der Waals surface area contributed by atoms with Crippen LogP contribution in [0.15, 0.2) is 24.3 Å². The van der Waals surface area contributed by atoms with E-state index in [4.69, 9.17) is 4.74 Å². The Morgan fingerprint density at radius 1 is 1.32 bits per heavy atom. The minimum absolute atomic E-state index is 0.148. The van der Waals surface area contributed by atoms with Gasteiger partial charge in [-0.1, -0.05) is 19.1 Å². The van der Waals surface area contributed by atoms with Crippen LogP contribution in [0.2, 0.25) is 0 Å². The predicted octanol–water partition coefficient (Wildman–Crippen LogP) is 2.69. The van der Waals surface area contributed by atoms with E-state index in [1.807, 2.05) is 19.1 Å². The molecule has 2 rings (SSSR count). The van der Waals surface area contributed by atoms with Crippen LogP contribution in [-0.2, 0) is 0 Å². The second-order valence-corrected chi connectivity index (χ2v) is 5.44. The number of ether oxygens (including phenoxy) is 1. The van der Waals surface area contributed by atoms with Gasteiger partial charge in [0.05, 0.1) is 13.2 Å². The van der Waals surface area contributed by atoms with Gasteiger partial charge in [-0.2, -0.15) is 0 Å². The summed E-state index contributed by atoms with van der Waals surface area (Å²) in [5, 5.41) is 13.0. The summed E-state index contributed by atoms with van der Waals surface area (Å²) in [7, 11) is 1.70. The van der Waals surface area contributed by atoms with Crippen LogP contribution < -0.4 is 10.1 Å². The second kappa shape index (κ2) is 6.92. The molecular weight excluding hydrogens is 238 g/mol. The Balaban J connectivity index is 1.67. The van der Waals surface area contributed by atoms with Crippen molar-refractivity contribution in [3.63, 3.8) is 0 Å². The van der Waals surface area contributed by atoms with Crippen molar-refractivity contribution in [1.29, 1.82) is 0 Å². The fourth-order valence-electron chi connectivity index (χ4n) is 2.59. The minimum atomic E-state index is -0.148. The lowest BCUT2D eigenvalue weighted by Crippen LogP contribution is -2.41. The van der Waals surface area contributed by atoms with Crippen molar-refractivity contribution in [2.45, 2.75) is 50.7 Å². The molecule has 1 aliphatic rings. The Kier molecular flexibility index (Phi) is 5.23. The van der Waals surface area contributed by atoms with Crippen LogP contribution in [0.1, 0.15) is 44.1 Å². The maximum atomic E-state index is 9.49. The van der Waals surface area contributed by atoms with Gasteiger partial charge in [0.15, 0.2) is 0 Å². The molecule has 1 aromatic rings. The van der Waals surface area contributed by atoms with Crippen molar-refractivity contribution in [1.82, 2.24) is 5.32 Å². The normalized spacial score (nSPS) is 23.7. The van der Waals surface area contributed by atoms with Crippen molar-refractivity contribution in [2.24, 2.45) is 0 Å². The topological polar surface area (TPSA) is 41.5 Å². The summed E-state index contributed by atoms with van der Waals surface area (Å²) in [6.07, 6.45) is 3.97. The van der Waals surface area contributed by atoms with Crippen molar-refractivity contribution < 1.29 is 9.84 Å². The Hall–Kier alpha value is -1.06. The van der Waals surface area contributed by atoms with Crippen molar-refractivity contribution in [3.05, 3.63) is 29.8 Å². The number of nitrogens with one attached hydrogen (secondary N) is 1. The first-order valence-corrected chi connectivity index (χ1v) is 7.28. The van der Waals surface area contributed by atoms with E-state index in [1.165, 1.54) is 18.4 Å². The molecule has 106 valence electrons. The molecule has 0 spiro atoms. The summed E-state index contributed by atoms with van der Waals surface area (Å²) < 4.78 is 5.17. The van der Waals surface area contributed by atoms with Gasteiger partial charge in [-0.15, -0.1) is 0 Å². The number of methoxy groups -OCH3 is 1. The van der Waals surface area contributed by atoms with Crippen LogP contribution in [0.25, 0.3) is 0 Å². The summed E-state index contributed by atoms with van der Waals surface area (Å²) in [4.78, 5) is 0. The molecule has 2 N–H and O–H groups in total. The molecule has 0 heterocycles. The number of hydrogen-bond donors (Lipinski definition) is 2. The van der Waals surface area contributed by atoms with E-state index in [-0.39, 0.29) is 6.10 Å². The van der Waals surface area contributed by atoms with Crippen LogP contribution >= 0.6 is 0 Å². The number of hydrogen-bond acceptors (Lipinski definition) is 3. The van der Waals surface area contributed by atoms with E-state index in [9.17, 15) is 5.11 Å². The van der Waals surface area contributed by atoms with E-state index >= 15 is 0 Å². The zero-order valence-electron chi connectivity index (χ0n) is 11.9. The molecule has 0 bridgehead atoms. The molecule has 1 atom stereocenters. The molecule has 19 heavy (non-hydrogen) atoms. The maximum absolute atomic E-state index is 9.49. The number of aliphatic hydroxyl groups excluding tert-OH is 1. The SMILES string of the molecule is CCC(O)CCNC1CC(c2ccc(OC)cc2)C1. The number of aliphatic hydroxyl groups is 1. The molecule has 1 aliphatic carbocycles. The van der Waals surface area contributed by atoms with Gasteiger partial charge in [-0.05, 0) is 55.8 Å². The zero-order chi connectivity index (χ0) is 13.7. The highest BCUT2D eigenvalue weighted by atomic mass is 16.5. The first kappa shape index (κ1) is 14.4. The van der Waals surface area contributed by atoms with Crippen molar-refractivity contribution in [3.8, 4) is 5.75 Å². The molecule has 0 aromatic heterocycles. The van der Waals surface area contributed by atoms with E-state index in [0.29, 0.717) is 12.0 Å². The highest BCUT2D eigenvalue weighted by Crippen LogP contribution is 2.37. The molecule has 1 aromatic carbocycles. The Morgan fingerprint density at radius 3 is 2.58 bits per heavy atom. The van der Waals surface area contributed by atoms with E-state index in [1.54, 1.807) is 7.11 Å². The van der Waals surface area contributed by atoms with Crippen LogP contribution in [0, 0.1) is 0 Å². The molecular formula is C16H25NO2. The molecule has 0 aliphatic heterocycles. The number of benzene rings is 1. The molecule has 1 saturated carbocycles. The summed E-state index contributed by atoms with van der Waals surface area (Å²) in [6.45, 7) is 2.95. The third-order valence-electron chi connectivity index (χ3n) is 4.11. The maximum Gasteiger partial charge on any atom is 0.118 e. The second-order valence-electron chi connectivity index (χ2n) is 5.44. The lowest BCUT2D eigenvalue weighted by atomic mass is 9.76. The molecule has 3 nitrogen and oxygen atoms in total. The standard InChI is InChI=1S/C16H25NO2/c1-3-15(18)8-9-17-14-10-13(11-14)12-4-6-16(19-2)7-5-12/h4-7,13-15,17-18H,3,8-11H2,1-2H3. The van der Waals surface area contributed by atoms with Gasteiger partial charge >= 0.3 is 0 Å². The van der Waals surface area contributed by atoms with Crippen LogP contribution in [-0.4, -0.2) is 30.9 Å². The van der Waals surface area contributed by atoms with Crippen molar-refractivity contribution in [2.75, 3.05) is 13.7 Å². The van der Waals surface area contributed by atoms with Crippen LogP contribution in [0.3, 0.4) is 0 Å². The lowest BCUT2D eigenvalue weighted by molar-refractivity contribution is 0.155. The van der Waals surface area contributed by atoms with Gasteiger partial charge < -0.3 is 15.2 Å². The van der Waals surface area contributed by atoms with E-state index < -0.39 is 0 Å². The van der Waals surface area contributed by atoms with Gasteiger partial charge in [0, 0.05) is 6.04 Å². The molecule has 1 fully saturated rings. The quantitative estimate of drug-likeness (QED) is 0.794. The predicted molar refractivity (Wildman–Crippen MR) is 77.7 cm³/mol. The van der Waals surface area contributed by atoms with Gasteiger partial charge in [0.2, 0.25) is 0 Å². The summed E-state index contributed by atoms with van der Waals surface area (Å²) in [5.41, 5.74) is 1.41. The average molecular weight is 263 g/mol. The third-order valence-corrected chi connectivity index (χ3v) is 4.11. The largest absolute Gasteiger partial charge is 0.497 e. The lowest BCUT2D eigenvalue weighted by Gasteiger charge is -2.36. The Bertz CT molecular complexity index is 371. The average Bonchev–Trinajstić information content (AvgIpc) is 2.41.